The first-order valence-corrected chi connectivity index (χ1v) is 8.13. The summed E-state index contributed by atoms with van der Waals surface area (Å²) >= 11 is 0. The number of amides is 1. The first kappa shape index (κ1) is 13.8. The van der Waals surface area contributed by atoms with Crippen molar-refractivity contribution in [1.29, 1.82) is 0 Å². The van der Waals surface area contributed by atoms with E-state index in [1.165, 1.54) is 12.8 Å². The topological polar surface area (TPSA) is 58.4 Å². The van der Waals surface area contributed by atoms with E-state index in [0.29, 0.717) is 25.0 Å². The second-order valence-corrected chi connectivity index (χ2v) is 6.36. The number of aliphatic hydroxyl groups is 1. The standard InChI is InChI=1S/C17H21N3O2/c21-10-9-19(13-7-8-13)16(22)11-20-15-4-2-1-3-14(15)18-17(20)12-5-6-12/h1-4,12-13,21H,5-11H2. The van der Waals surface area contributed by atoms with Crippen molar-refractivity contribution in [3.05, 3.63) is 30.1 Å². The van der Waals surface area contributed by atoms with E-state index in [-0.39, 0.29) is 12.5 Å². The lowest BCUT2D eigenvalue weighted by Crippen LogP contribution is -2.38. The summed E-state index contributed by atoms with van der Waals surface area (Å²) < 4.78 is 2.09. The highest BCUT2D eigenvalue weighted by molar-refractivity contribution is 5.81. The zero-order valence-corrected chi connectivity index (χ0v) is 12.6. The van der Waals surface area contributed by atoms with Gasteiger partial charge in [0, 0.05) is 18.5 Å². The molecular formula is C17H21N3O2. The van der Waals surface area contributed by atoms with Gasteiger partial charge in [0.1, 0.15) is 12.4 Å². The van der Waals surface area contributed by atoms with Gasteiger partial charge in [-0.1, -0.05) is 12.1 Å². The number of hydrogen-bond acceptors (Lipinski definition) is 3. The summed E-state index contributed by atoms with van der Waals surface area (Å²) in [6.45, 7) is 0.806. The molecule has 4 rings (SSSR count). The van der Waals surface area contributed by atoms with E-state index in [4.69, 9.17) is 4.98 Å². The van der Waals surface area contributed by atoms with E-state index in [0.717, 1.165) is 29.7 Å². The van der Waals surface area contributed by atoms with Crippen molar-refractivity contribution in [2.24, 2.45) is 0 Å². The highest BCUT2D eigenvalue weighted by Crippen LogP contribution is 2.40. The number of rotatable bonds is 6. The molecule has 0 atom stereocenters. The number of aromatic nitrogens is 2. The first-order valence-electron chi connectivity index (χ1n) is 8.13. The molecule has 116 valence electrons. The van der Waals surface area contributed by atoms with Gasteiger partial charge in [0.25, 0.3) is 0 Å². The molecule has 22 heavy (non-hydrogen) atoms. The van der Waals surface area contributed by atoms with Crippen molar-refractivity contribution < 1.29 is 9.90 Å². The molecule has 0 radical (unpaired) electrons. The fraction of sp³-hybridized carbons (Fsp3) is 0.529. The Balaban J connectivity index is 1.65. The maximum Gasteiger partial charge on any atom is 0.242 e. The summed E-state index contributed by atoms with van der Waals surface area (Å²) in [5.41, 5.74) is 2.01. The molecule has 1 aromatic carbocycles. The predicted molar refractivity (Wildman–Crippen MR) is 83.5 cm³/mol. The van der Waals surface area contributed by atoms with Gasteiger partial charge in [-0.2, -0.15) is 0 Å². The lowest BCUT2D eigenvalue weighted by molar-refractivity contribution is -0.132. The minimum absolute atomic E-state index is 0.0302. The average Bonchev–Trinajstić information content (AvgIpc) is 3.43. The molecule has 5 heteroatoms. The van der Waals surface area contributed by atoms with Crippen LogP contribution in [0.25, 0.3) is 11.0 Å². The maximum absolute atomic E-state index is 12.7. The van der Waals surface area contributed by atoms with Gasteiger partial charge in [0.15, 0.2) is 0 Å². The quantitative estimate of drug-likeness (QED) is 0.886. The summed E-state index contributed by atoms with van der Waals surface area (Å²) in [4.78, 5) is 19.3. The van der Waals surface area contributed by atoms with Gasteiger partial charge in [-0.15, -0.1) is 0 Å². The lowest BCUT2D eigenvalue weighted by Gasteiger charge is -2.22. The van der Waals surface area contributed by atoms with Crippen molar-refractivity contribution in [3.8, 4) is 0 Å². The number of nitrogens with zero attached hydrogens (tertiary/aromatic N) is 3. The lowest BCUT2D eigenvalue weighted by atomic mass is 10.3. The number of aliphatic hydroxyl groups excluding tert-OH is 1. The Morgan fingerprint density at radius 3 is 2.73 bits per heavy atom. The molecule has 2 aliphatic rings. The molecule has 1 N–H and O–H groups in total. The maximum atomic E-state index is 12.7. The van der Waals surface area contributed by atoms with Crippen molar-refractivity contribution in [1.82, 2.24) is 14.5 Å². The van der Waals surface area contributed by atoms with Crippen molar-refractivity contribution in [2.75, 3.05) is 13.2 Å². The molecule has 0 unspecified atom stereocenters. The van der Waals surface area contributed by atoms with Gasteiger partial charge in [-0.3, -0.25) is 4.79 Å². The molecule has 0 bridgehead atoms. The fourth-order valence-electron chi connectivity index (χ4n) is 3.14. The minimum Gasteiger partial charge on any atom is -0.395 e. The van der Waals surface area contributed by atoms with E-state index < -0.39 is 0 Å². The van der Waals surface area contributed by atoms with Crippen LogP contribution in [0.5, 0.6) is 0 Å². The third-order valence-electron chi connectivity index (χ3n) is 4.57. The Bertz CT molecular complexity index is 701. The molecule has 0 spiro atoms. The van der Waals surface area contributed by atoms with Crippen LogP contribution in [-0.4, -0.2) is 44.7 Å². The molecular weight excluding hydrogens is 278 g/mol. The highest BCUT2D eigenvalue weighted by atomic mass is 16.3. The molecule has 2 saturated carbocycles. The van der Waals surface area contributed by atoms with Crippen molar-refractivity contribution in [2.45, 2.75) is 44.2 Å². The number of carbonyl (C=O) groups is 1. The van der Waals surface area contributed by atoms with E-state index >= 15 is 0 Å². The zero-order chi connectivity index (χ0) is 15.1. The number of fused-ring (bicyclic) bond motifs is 1. The molecule has 1 amide bonds. The molecule has 2 aliphatic carbocycles. The summed E-state index contributed by atoms with van der Waals surface area (Å²) in [6.07, 6.45) is 4.46. The van der Waals surface area contributed by atoms with Crippen molar-refractivity contribution >= 4 is 16.9 Å². The van der Waals surface area contributed by atoms with E-state index in [2.05, 4.69) is 4.57 Å². The van der Waals surface area contributed by atoms with Crippen LogP contribution in [0.1, 0.15) is 37.4 Å². The van der Waals surface area contributed by atoms with Gasteiger partial charge in [-0.05, 0) is 37.8 Å². The normalized spacial score (nSPS) is 17.9. The number of carbonyl (C=O) groups excluding carboxylic acids is 1. The van der Waals surface area contributed by atoms with Gasteiger partial charge < -0.3 is 14.6 Å². The molecule has 1 aromatic heterocycles. The molecule has 0 aliphatic heterocycles. The third kappa shape index (κ3) is 2.50. The predicted octanol–water partition coefficient (Wildman–Crippen LogP) is 1.90. The number of para-hydroxylation sites is 2. The Morgan fingerprint density at radius 1 is 1.27 bits per heavy atom. The van der Waals surface area contributed by atoms with Crippen LogP contribution in [0.3, 0.4) is 0 Å². The van der Waals surface area contributed by atoms with E-state index in [1.807, 2.05) is 29.2 Å². The van der Waals surface area contributed by atoms with Gasteiger partial charge in [0.2, 0.25) is 5.91 Å². The van der Waals surface area contributed by atoms with Crippen LogP contribution in [0.15, 0.2) is 24.3 Å². The molecule has 2 fully saturated rings. The van der Waals surface area contributed by atoms with Gasteiger partial charge in [0.05, 0.1) is 17.6 Å². The zero-order valence-electron chi connectivity index (χ0n) is 12.6. The third-order valence-corrected chi connectivity index (χ3v) is 4.57. The van der Waals surface area contributed by atoms with Crippen LogP contribution < -0.4 is 0 Å². The minimum atomic E-state index is 0.0302. The summed E-state index contributed by atoms with van der Waals surface area (Å²) in [5.74, 6) is 1.66. The average molecular weight is 299 g/mol. The largest absolute Gasteiger partial charge is 0.395 e. The van der Waals surface area contributed by atoms with E-state index in [1.54, 1.807) is 0 Å². The smallest absolute Gasteiger partial charge is 0.242 e. The first-order chi connectivity index (χ1) is 10.8. The molecule has 0 saturated heterocycles. The number of benzene rings is 1. The Kier molecular flexibility index (Phi) is 3.37. The van der Waals surface area contributed by atoms with Gasteiger partial charge in [-0.25, -0.2) is 4.98 Å². The van der Waals surface area contributed by atoms with Crippen LogP contribution >= 0.6 is 0 Å². The van der Waals surface area contributed by atoms with Crippen LogP contribution in [-0.2, 0) is 11.3 Å². The summed E-state index contributed by atoms with van der Waals surface area (Å²) in [6, 6.07) is 8.36. The summed E-state index contributed by atoms with van der Waals surface area (Å²) in [7, 11) is 0. The fourth-order valence-corrected chi connectivity index (χ4v) is 3.14. The Labute approximate surface area is 129 Å². The molecule has 2 aromatic rings. The Morgan fingerprint density at radius 2 is 2.05 bits per heavy atom. The Hall–Kier alpha value is -1.88. The number of hydrogen-bond donors (Lipinski definition) is 1. The second kappa shape index (κ2) is 5.39. The van der Waals surface area contributed by atoms with Crippen molar-refractivity contribution in [3.63, 3.8) is 0 Å². The van der Waals surface area contributed by atoms with Gasteiger partial charge >= 0.3 is 0 Å². The second-order valence-electron chi connectivity index (χ2n) is 6.36. The molecule has 5 nitrogen and oxygen atoms in total. The summed E-state index contributed by atoms with van der Waals surface area (Å²) in [5, 5.41) is 9.20. The number of imidazole rings is 1. The van der Waals surface area contributed by atoms with Crippen LogP contribution in [0, 0.1) is 0 Å². The SMILES string of the molecule is O=C(Cn1c(C2CC2)nc2ccccc21)N(CCO)C1CC1. The van der Waals surface area contributed by atoms with Crippen LogP contribution in [0.2, 0.25) is 0 Å². The molecule has 1 heterocycles. The van der Waals surface area contributed by atoms with E-state index in [9.17, 15) is 9.90 Å². The monoisotopic (exact) mass is 299 g/mol. The highest BCUT2D eigenvalue weighted by Gasteiger charge is 2.34. The van der Waals surface area contributed by atoms with Crippen LogP contribution in [0.4, 0.5) is 0 Å².